The molecule has 2 aromatic rings. The maximum absolute atomic E-state index is 13.1. The number of halogens is 4. The number of rotatable bonds is 3. The molecule has 158 valence electrons. The summed E-state index contributed by atoms with van der Waals surface area (Å²) in [6.07, 6.45) is -0.171. The molecule has 30 heavy (non-hydrogen) atoms. The zero-order valence-electron chi connectivity index (χ0n) is 16.1. The molecule has 1 atom stereocenters. The van der Waals surface area contributed by atoms with Gasteiger partial charge >= 0.3 is 6.18 Å². The lowest BCUT2D eigenvalue weighted by Gasteiger charge is -2.33. The summed E-state index contributed by atoms with van der Waals surface area (Å²) < 4.78 is 39.4. The minimum atomic E-state index is -4.68. The van der Waals surface area contributed by atoms with E-state index in [1.165, 1.54) is 28.3 Å². The molecule has 1 aromatic heterocycles. The van der Waals surface area contributed by atoms with E-state index in [0.29, 0.717) is 11.5 Å². The van der Waals surface area contributed by atoms with Crippen LogP contribution in [0.4, 0.5) is 19.0 Å². The van der Waals surface area contributed by atoms with E-state index in [0.717, 1.165) is 17.7 Å². The van der Waals surface area contributed by atoms with E-state index in [-0.39, 0.29) is 11.3 Å². The Balaban J connectivity index is 1.91. The number of nitrogens with zero attached hydrogens (tertiary/aromatic N) is 3. The number of hydrogen-bond donors (Lipinski definition) is 2. The third kappa shape index (κ3) is 3.99. The third-order valence-electron chi connectivity index (χ3n) is 4.73. The van der Waals surface area contributed by atoms with Gasteiger partial charge < -0.3 is 10.6 Å². The molecule has 0 aliphatic carbocycles. The highest BCUT2D eigenvalue weighted by atomic mass is 35.5. The van der Waals surface area contributed by atoms with Gasteiger partial charge in [-0.1, -0.05) is 17.7 Å². The van der Waals surface area contributed by atoms with Crippen LogP contribution in [0.3, 0.4) is 0 Å². The van der Waals surface area contributed by atoms with Crippen LogP contribution in [0.2, 0.25) is 5.02 Å². The molecule has 2 heterocycles. The van der Waals surface area contributed by atoms with Crippen LogP contribution in [0.15, 0.2) is 60.2 Å². The fourth-order valence-electron chi connectivity index (χ4n) is 3.03. The molecule has 6 nitrogen and oxygen atoms in total. The van der Waals surface area contributed by atoms with Gasteiger partial charge in [0.15, 0.2) is 0 Å². The van der Waals surface area contributed by atoms with Crippen molar-refractivity contribution in [3.63, 3.8) is 0 Å². The summed E-state index contributed by atoms with van der Waals surface area (Å²) in [4.78, 5) is 18.3. The topological polar surface area (TPSA) is 88.5 Å². The number of carbonyl (C=O) groups is 1. The Bertz CT molecular complexity index is 1050. The number of hydrogen-bond acceptors (Lipinski definition) is 5. The number of hydrazine groups is 1. The molecule has 4 N–H and O–H groups in total. The third-order valence-corrected chi connectivity index (χ3v) is 5.14. The van der Waals surface area contributed by atoms with Gasteiger partial charge in [-0.3, -0.25) is 9.80 Å². The fourth-order valence-corrected chi connectivity index (χ4v) is 3.35. The van der Waals surface area contributed by atoms with E-state index in [9.17, 15) is 18.0 Å². The van der Waals surface area contributed by atoms with Gasteiger partial charge in [0, 0.05) is 12.4 Å². The maximum Gasteiger partial charge on any atom is 0.417 e. The van der Waals surface area contributed by atoms with Crippen LogP contribution in [0.1, 0.15) is 28.4 Å². The molecule has 0 fully saturated rings. The highest BCUT2D eigenvalue weighted by Gasteiger charge is 2.36. The molecule has 1 aliphatic heterocycles. The molecule has 1 aromatic carbocycles. The summed E-state index contributed by atoms with van der Waals surface area (Å²) in [6.45, 7) is 3.52. The van der Waals surface area contributed by atoms with Crippen molar-refractivity contribution in [1.82, 2.24) is 9.88 Å². The van der Waals surface area contributed by atoms with E-state index < -0.39 is 28.7 Å². The van der Waals surface area contributed by atoms with Crippen molar-refractivity contribution in [1.29, 1.82) is 0 Å². The van der Waals surface area contributed by atoms with Gasteiger partial charge in [0.05, 0.1) is 33.6 Å². The molecular weight excluding hydrogens is 419 g/mol. The minimum absolute atomic E-state index is 0.250. The normalized spacial score (nSPS) is 16.8. The van der Waals surface area contributed by atoms with Crippen molar-refractivity contribution in [2.75, 3.05) is 5.01 Å². The summed E-state index contributed by atoms with van der Waals surface area (Å²) in [6, 6.07) is 6.09. The lowest BCUT2D eigenvalue weighted by Crippen LogP contribution is -2.44. The van der Waals surface area contributed by atoms with Crippen molar-refractivity contribution in [3.8, 4) is 0 Å². The van der Waals surface area contributed by atoms with Gasteiger partial charge in [0.2, 0.25) is 0 Å². The standard InChI is InChI=1S/C20H19ClF3N5O/c1-11-6-8-27-16(10-11)29(26)15-7-9-28(12(2)18(15)25)19(30)13-4-3-5-14(17(13)21)20(22,23)24/h3-10,12H,25-26H2,1-2H3. The maximum atomic E-state index is 13.1. The Hall–Kier alpha value is -3.04. The van der Waals surface area contributed by atoms with Crippen LogP contribution in [0.5, 0.6) is 0 Å². The van der Waals surface area contributed by atoms with E-state index in [1.54, 1.807) is 19.2 Å². The van der Waals surface area contributed by atoms with Crippen LogP contribution < -0.4 is 16.6 Å². The Morgan fingerprint density at radius 3 is 2.63 bits per heavy atom. The number of alkyl halides is 3. The number of nitrogens with two attached hydrogens (primary N) is 2. The smallest absolute Gasteiger partial charge is 0.399 e. The average molecular weight is 438 g/mol. The zero-order valence-corrected chi connectivity index (χ0v) is 16.9. The average Bonchev–Trinajstić information content (AvgIpc) is 2.68. The van der Waals surface area contributed by atoms with Gasteiger partial charge in [-0.05, 0) is 49.8 Å². The molecule has 0 radical (unpaired) electrons. The van der Waals surface area contributed by atoms with Gasteiger partial charge in [-0.2, -0.15) is 13.2 Å². The molecule has 1 amide bonds. The van der Waals surface area contributed by atoms with Gasteiger partial charge in [0.1, 0.15) is 5.82 Å². The SMILES string of the molecule is Cc1ccnc(N(N)C2=C(N)C(C)N(C(=O)c3cccc(C(F)(F)F)c3Cl)C=C2)c1. The van der Waals surface area contributed by atoms with Crippen LogP contribution >= 0.6 is 11.6 Å². The first-order chi connectivity index (χ1) is 14.0. The van der Waals surface area contributed by atoms with E-state index in [1.807, 2.05) is 13.0 Å². The lowest BCUT2D eigenvalue weighted by molar-refractivity contribution is -0.137. The van der Waals surface area contributed by atoms with Crippen molar-refractivity contribution < 1.29 is 18.0 Å². The van der Waals surface area contributed by atoms with Crippen molar-refractivity contribution in [2.24, 2.45) is 11.6 Å². The number of benzene rings is 1. The monoisotopic (exact) mass is 437 g/mol. The number of allylic oxidation sites excluding steroid dienone is 1. The predicted octanol–water partition coefficient (Wildman–Crippen LogP) is 3.97. The number of aryl methyl sites for hydroxylation is 1. The van der Waals surface area contributed by atoms with E-state index in [4.69, 9.17) is 23.2 Å². The Labute approximate surface area is 176 Å². The first kappa shape index (κ1) is 21.7. The number of carbonyl (C=O) groups excluding carboxylic acids is 1. The number of amides is 1. The second-order valence-electron chi connectivity index (χ2n) is 6.77. The second kappa shape index (κ2) is 8.00. The van der Waals surface area contributed by atoms with Crippen LogP contribution in [0, 0.1) is 6.92 Å². The summed E-state index contributed by atoms with van der Waals surface area (Å²) in [5.74, 6) is 5.88. The molecule has 1 aliphatic rings. The Morgan fingerprint density at radius 1 is 1.30 bits per heavy atom. The Kier molecular flexibility index (Phi) is 5.78. The van der Waals surface area contributed by atoms with Crippen LogP contribution in [-0.2, 0) is 6.18 Å². The first-order valence-corrected chi connectivity index (χ1v) is 9.24. The quantitative estimate of drug-likeness (QED) is 0.560. The van der Waals surface area contributed by atoms with Crippen molar-refractivity contribution in [3.05, 3.63) is 81.9 Å². The fraction of sp³-hybridized carbons (Fsp3) is 0.200. The molecule has 0 spiro atoms. The van der Waals surface area contributed by atoms with Gasteiger partial charge in [-0.25, -0.2) is 10.8 Å². The van der Waals surface area contributed by atoms with Crippen molar-refractivity contribution >= 4 is 23.3 Å². The molecular formula is C20H19ClF3N5O. The largest absolute Gasteiger partial charge is 0.417 e. The molecule has 0 saturated heterocycles. The molecule has 0 saturated carbocycles. The zero-order chi connectivity index (χ0) is 22.2. The van der Waals surface area contributed by atoms with Gasteiger partial charge in [0.25, 0.3) is 5.91 Å². The summed E-state index contributed by atoms with van der Waals surface area (Å²) in [5.41, 5.74) is 6.47. The van der Waals surface area contributed by atoms with Crippen LogP contribution in [-0.4, -0.2) is 21.8 Å². The summed E-state index contributed by atoms with van der Waals surface area (Å²) >= 11 is 5.89. The molecule has 3 rings (SSSR count). The highest BCUT2D eigenvalue weighted by Crippen LogP contribution is 2.37. The van der Waals surface area contributed by atoms with Gasteiger partial charge in [-0.15, -0.1) is 0 Å². The number of anilines is 1. The predicted molar refractivity (Wildman–Crippen MR) is 108 cm³/mol. The van der Waals surface area contributed by atoms with E-state index >= 15 is 0 Å². The first-order valence-electron chi connectivity index (χ1n) is 8.86. The summed E-state index contributed by atoms with van der Waals surface area (Å²) in [5, 5.41) is 0.627. The summed E-state index contributed by atoms with van der Waals surface area (Å²) in [7, 11) is 0. The number of pyridine rings is 1. The highest BCUT2D eigenvalue weighted by molar-refractivity contribution is 6.34. The molecule has 1 unspecified atom stereocenters. The van der Waals surface area contributed by atoms with E-state index in [2.05, 4.69) is 4.98 Å². The Morgan fingerprint density at radius 2 is 2.00 bits per heavy atom. The lowest BCUT2D eigenvalue weighted by atomic mass is 10.0. The minimum Gasteiger partial charge on any atom is -0.399 e. The molecule has 10 heteroatoms. The van der Waals surface area contributed by atoms with Crippen LogP contribution in [0.25, 0.3) is 0 Å². The molecule has 0 bridgehead atoms. The second-order valence-corrected chi connectivity index (χ2v) is 7.15. The number of aromatic nitrogens is 1. The van der Waals surface area contributed by atoms with Crippen molar-refractivity contribution in [2.45, 2.75) is 26.1 Å².